The van der Waals surface area contributed by atoms with Gasteiger partial charge in [0.25, 0.3) is 5.91 Å². The number of hydrogen-bond acceptors (Lipinski definition) is 8. The number of benzene rings is 2. The zero-order valence-corrected chi connectivity index (χ0v) is 20.4. The van der Waals surface area contributed by atoms with Crippen molar-refractivity contribution in [3.05, 3.63) is 86.6 Å². The number of ketones is 1. The van der Waals surface area contributed by atoms with Crippen LogP contribution in [0.4, 0.5) is 5.69 Å². The monoisotopic (exact) mass is 492 g/mol. The van der Waals surface area contributed by atoms with Gasteiger partial charge in [-0.1, -0.05) is 12.1 Å². The maximum atomic E-state index is 13.6. The van der Waals surface area contributed by atoms with Crippen molar-refractivity contribution in [3.8, 4) is 5.75 Å². The summed E-state index contributed by atoms with van der Waals surface area (Å²) in [5, 5.41) is 21.3. The van der Waals surface area contributed by atoms with E-state index in [4.69, 9.17) is 4.74 Å². The van der Waals surface area contributed by atoms with Crippen LogP contribution in [0.15, 0.2) is 59.9 Å². The lowest BCUT2D eigenvalue weighted by Crippen LogP contribution is -2.31. The van der Waals surface area contributed by atoms with E-state index in [9.17, 15) is 24.6 Å². The minimum Gasteiger partial charge on any atom is -0.508 e. The van der Waals surface area contributed by atoms with Crippen molar-refractivity contribution >= 4 is 34.7 Å². The number of anilines is 1. The summed E-state index contributed by atoms with van der Waals surface area (Å²) >= 11 is 1.19. The number of hydrogen-bond donors (Lipinski definition) is 2. The number of aromatic hydroxyl groups is 1. The second-order valence-electron chi connectivity index (χ2n) is 8.41. The molecule has 0 fully saturated rings. The average molecular weight is 493 g/mol. The lowest BCUT2D eigenvalue weighted by molar-refractivity contribution is -0.117. The number of phenolic OH excluding ortho intramolecular Hbond substituents is 1. The number of thiazole rings is 1. The van der Waals surface area contributed by atoms with Crippen molar-refractivity contribution in [1.29, 1.82) is 0 Å². The first-order valence-electron chi connectivity index (χ1n) is 10.9. The molecule has 4 rings (SSSR count). The first kappa shape index (κ1) is 24.2. The fourth-order valence-electron chi connectivity index (χ4n) is 3.98. The molecule has 8 nitrogen and oxygen atoms in total. The molecule has 0 saturated heterocycles. The van der Waals surface area contributed by atoms with Crippen molar-refractivity contribution < 1.29 is 29.3 Å². The summed E-state index contributed by atoms with van der Waals surface area (Å²) in [6.07, 6.45) is -0.283. The van der Waals surface area contributed by atoms with Crippen LogP contribution in [0.3, 0.4) is 0 Å². The first-order chi connectivity index (χ1) is 16.6. The molecule has 35 heavy (non-hydrogen) atoms. The molecule has 0 spiro atoms. The van der Waals surface area contributed by atoms with Gasteiger partial charge in [-0.05, 0) is 69.7 Å². The Balaban J connectivity index is 1.79. The first-order valence-corrected chi connectivity index (χ1v) is 11.8. The molecule has 3 aromatic rings. The summed E-state index contributed by atoms with van der Waals surface area (Å²) in [6.45, 7) is 6.97. The Morgan fingerprint density at radius 3 is 2.20 bits per heavy atom. The van der Waals surface area contributed by atoms with Crippen LogP contribution in [0.5, 0.6) is 5.75 Å². The van der Waals surface area contributed by atoms with Crippen LogP contribution < -0.4 is 4.90 Å². The minimum absolute atomic E-state index is 0.0210. The Morgan fingerprint density at radius 2 is 1.66 bits per heavy atom. The van der Waals surface area contributed by atoms with Gasteiger partial charge in [0, 0.05) is 5.69 Å². The largest absolute Gasteiger partial charge is 0.508 e. The van der Waals surface area contributed by atoms with Crippen molar-refractivity contribution in [3.63, 3.8) is 0 Å². The molecule has 1 aliphatic rings. The van der Waals surface area contributed by atoms with Gasteiger partial charge in [0.1, 0.15) is 5.75 Å². The maximum absolute atomic E-state index is 13.6. The highest BCUT2D eigenvalue weighted by Crippen LogP contribution is 2.43. The summed E-state index contributed by atoms with van der Waals surface area (Å²) in [5.41, 5.74) is 1.64. The summed E-state index contributed by atoms with van der Waals surface area (Å²) in [7, 11) is 0. The number of aliphatic hydroxyl groups is 1. The molecular formula is C26H24N2O6S. The van der Waals surface area contributed by atoms with Gasteiger partial charge in [0.05, 0.1) is 38.9 Å². The standard InChI is InChI=1S/C26H24N2O6S/c1-13(2)34-26(33)17-5-9-18(10-6-17)28-21(16-7-11-19(29)12-8-16)20(23(31)25(28)32)22(30)24-14(3)27-15(4)35-24/h5-13,21,29,31H,1-4H3. The van der Waals surface area contributed by atoms with E-state index in [0.717, 1.165) is 0 Å². The number of phenols is 1. The predicted octanol–water partition coefficient (Wildman–Crippen LogP) is 4.81. The molecule has 1 atom stereocenters. The van der Waals surface area contributed by atoms with E-state index in [2.05, 4.69) is 4.98 Å². The Labute approximate surface area is 206 Å². The number of aliphatic hydroxyl groups excluding tert-OH is 1. The summed E-state index contributed by atoms with van der Waals surface area (Å²) in [5.74, 6) is -2.36. The van der Waals surface area contributed by atoms with E-state index in [1.165, 1.54) is 40.5 Å². The van der Waals surface area contributed by atoms with Crippen molar-refractivity contribution in [1.82, 2.24) is 4.98 Å². The summed E-state index contributed by atoms with van der Waals surface area (Å²) in [6, 6.07) is 11.3. The van der Waals surface area contributed by atoms with Crippen LogP contribution in [0.2, 0.25) is 0 Å². The van der Waals surface area contributed by atoms with Gasteiger partial charge in [-0.3, -0.25) is 14.5 Å². The second-order valence-corrected chi connectivity index (χ2v) is 9.61. The van der Waals surface area contributed by atoms with Crippen LogP contribution in [0.25, 0.3) is 0 Å². The van der Waals surface area contributed by atoms with Crippen LogP contribution in [-0.2, 0) is 9.53 Å². The van der Waals surface area contributed by atoms with Crippen LogP contribution in [0.1, 0.15) is 56.2 Å². The second kappa shape index (κ2) is 9.34. The van der Waals surface area contributed by atoms with Crippen LogP contribution >= 0.6 is 11.3 Å². The Kier molecular flexibility index (Phi) is 6.45. The highest BCUT2D eigenvalue weighted by Gasteiger charge is 2.45. The molecule has 1 aromatic heterocycles. The number of nitrogens with zero attached hydrogens (tertiary/aromatic N) is 2. The highest BCUT2D eigenvalue weighted by atomic mass is 32.1. The molecular weight excluding hydrogens is 468 g/mol. The zero-order chi connectivity index (χ0) is 25.4. The molecule has 180 valence electrons. The van der Waals surface area contributed by atoms with Gasteiger partial charge < -0.3 is 14.9 Å². The Bertz CT molecular complexity index is 1340. The smallest absolute Gasteiger partial charge is 0.338 e. The summed E-state index contributed by atoms with van der Waals surface area (Å²) in [4.78, 5) is 45.0. The molecule has 0 radical (unpaired) electrons. The van der Waals surface area contributed by atoms with Gasteiger partial charge in [0.15, 0.2) is 5.76 Å². The number of esters is 1. The molecule has 1 amide bonds. The van der Waals surface area contributed by atoms with Crippen molar-refractivity contribution in [2.75, 3.05) is 4.90 Å². The van der Waals surface area contributed by atoms with E-state index in [1.807, 2.05) is 0 Å². The van der Waals surface area contributed by atoms with E-state index in [-0.39, 0.29) is 17.4 Å². The fourth-order valence-corrected chi connectivity index (χ4v) is 4.85. The van der Waals surface area contributed by atoms with Gasteiger partial charge >= 0.3 is 5.97 Å². The number of carbonyl (C=O) groups excluding carboxylic acids is 3. The third-order valence-electron chi connectivity index (χ3n) is 5.50. The molecule has 2 aromatic carbocycles. The molecule has 0 saturated carbocycles. The molecule has 2 N–H and O–H groups in total. The molecule has 1 unspecified atom stereocenters. The Hall–Kier alpha value is -3.98. The third-order valence-corrected chi connectivity index (χ3v) is 6.57. The van der Waals surface area contributed by atoms with Crippen molar-refractivity contribution in [2.45, 2.75) is 39.8 Å². The van der Waals surface area contributed by atoms with Gasteiger partial charge in [-0.25, -0.2) is 9.78 Å². The van der Waals surface area contributed by atoms with E-state index < -0.39 is 29.5 Å². The predicted molar refractivity (Wildman–Crippen MR) is 131 cm³/mol. The SMILES string of the molecule is Cc1nc(C)c(C(=O)C2=C(O)C(=O)N(c3ccc(C(=O)OC(C)C)cc3)C2c2ccc(O)cc2)s1. The normalized spacial score (nSPS) is 15.7. The zero-order valence-electron chi connectivity index (χ0n) is 19.6. The number of amides is 1. The highest BCUT2D eigenvalue weighted by molar-refractivity contribution is 7.14. The van der Waals surface area contributed by atoms with Gasteiger partial charge in [-0.15, -0.1) is 11.3 Å². The topological polar surface area (TPSA) is 117 Å². The lowest BCUT2D eigenvalue weighted by atomic mass is 9.94. The molecule has 0 aliphatic carbocycles. The fraction of sp³-hybridized carbons (Fsp3) is 0.231. The third kappa shape index (κ3) is 4.54. The van der Waals surface area contributed by atoms with E-state index in [1.54, 1.807) is 52.0 Å². The van der Waals surface area contributed by atoms with Crippen molar-refractivity contribution in [2.24, 2.45) is 0 Å². The average Bonchev–Trinajstić information content (AvgIpc) is 3.28. The quantitative estimate of drug-likeness (QED) is 0.374. The molecule has 0 bridgehead atoms. The Morgan fingerprint density at radius 1 is 1.03 bits per heavy atom. The lowest BCUT2D eigenvalue weighted by Gasteiger charge is -2.27. The van der Waals surface area contributed by atoms with Crippen LogP contribution in [0, 0.1) is 13.8 Å². The van der Waals surface area contributed by atoms with Crippen LogP contribution in [-0.4, -0.2) is 39.0 Å². The number of Topliss-reactive ketones (excluding diaryl/α,β-unsaturated/α-hetero) is 1. The van der Waals surface area contributed by atoms with Gasteiger partial charge in [0.2, 0.25) is 5.78 Å². The van der Waals surface area contributed by atoms with E-state index in [0.29, 0.717) is 32.4 Å². The number of aromatic nitrogens is 1. The molecule has 2 heterocycles. The van der Waals surface area contributed by atoms with Gasteiger partial charge in [-0.2, -0.15) is 0 Å². The maximum Gasteiger partial charge on any atom is 0.338 e. The molecule has 9 heteroatoms. The number of aryl methyl sites for hydroxylation is 2. The summed E-state index contributed by atoms with van der Waals surface area (Å²) < 4.78 is 5.21. The number of carbonyl (C=O) groups is 3. The van der Waals surface area contributed by atoms with E-state index >= 15 is 0 Å². The molecule has 1 aliphatic heterocycles. The minimum atomic E-state index is -0.953. The number of rotatable bonds is 6. The number of ether oxygens (including phenoxy) is 1.